The van der Waals surface area contributed by atoms with Gasteiger partial charge in [-0.1, -0.05) is 41.5 Å². The van der Waals surface area contributed by atoms with Gasteiger partial charge in [-0.05, 0) is 56.5 Å². The van der Waals surface area contributed by atoms with Crippen molar-refractivity contribution in [3.05, 3.63) is 86.2 Å². The van der Waals surface area contributed by atoms with E-state index in [9.17, 15) is 9.59 Å². The van der Waals surface area contributed by atoms with Crippen LogP contribution in [-0.2, 0) is 4.79 Å². The van der Waals surface area contributed by atoms with Crippen LogP contribution in [0.4, 0.5) is 0 Å². The third-order valence-electron chi connectivity index (χ3n) is 6.72. The summed E-state index contributed by atoms with van der Waals surface area (Å²) in [5, 5.41) is 15.8. The van der Waals surface area contributed by atoms with Crippen LogP contribution in [0.5, 0.6) is 0 Å². The molecule has 0 bridgehead atoms. The van der Waals surface area contributed by atoms with Crippen molar-refractivity contribution in [3.8, 4) is 28.7 Å². The summed E-state index contributed by atoms with van der Waals surface area (Å²) in [5.41, 5.74) is 9.14. The van der Waals surface area contributed by atoms with Gasteiger partial charge in [-0.25, -0.2) is 0 Å². The Labute approximate surface area is 269 Å². The van der Waals surface area contributed by atoms with E-state index in [1.165, 1.54) is 10.9 Å². The van der Waals surface area contributed by atoms with Crippen LogP contribution in [0.2, 0.25) is 5.02 Å². The molecule has 0 unspecified atom stereocenters. The van der Waals surface area contributed by atoms with Crippen molar-refractivity contribution in [2.75, 3.05) is 19.6 Å². The lowest BCUT2D eigenvalue weighted by atomic mass is 9.99. The zero-order valence-electron chi connectivity index (χ0n) is 24.2. The Morgan fingerprint density at radius 1 is 1.05 bits per heavy atom. The first-order chi connectivity index (χ1) is 20.8. The molecule has 1 atom stereocenters. The number of halogens is 2. The van der Waals surface area contributed by atoms with Crippen molar-refractivity contribution >= 4 is 52.9 Å². The van der Waals surface area contributed by atoms with Crippen molar-refractivity contribution in [2.45, 2.75) is 33.2 Å². The minimum atomic E-state index is -0.578. The summed E-state index contributed by atoms with van der Waals surface area (Å²) in [6, 6.07) is 10.1. The van der Waals surface area contributed by atoms with E-state index in [0.717, 1.165) is 33.2 Å². The van der Waals surface area contributed by atoms with Gasteiger partial charge in [0.05, 0.1) is 31.8 Å². The molecule has 4 N–H and O–H groups in total. The van der Waals surface area contributed by atoms with E-state index in [2.05, 4.69) is 58.4 Å². The fraction of sp³-hybridized carbons (Fsp3) is 0.258. The van der Waals surface area contributed by atoms with Crippen molar-refractivity contribution in [1.82, 2.24) is 25.4 Å². The van der Waals surface area contributed by atoms with Gasteiger partial charge in [0.2, 0.25) is 5.91 Å². The number of hydrogen-bond acceptors (Lipinski definition) is 8. The number of rotatable bonds is 6. The largest absolute Gasteiger partial charge is 0.443 e. The second kappa shape index (κ2) is 14.4. The molecule has 0 saturated heterocycles. The lowest BCUT2D eigenvalue weighted by Crippen LogP contribution is -2.26. The standard InChI is InChI=1S/C31H28ClN7O3S.ClH/c1-18-19(2)43-31-27(18)28(21-8-10-22(32)11-9-21)36-24(29-38-37-20(3)39(29)31)17-26(40)34-15-4-5-16-35-30(41)25-13-12-23(42-25)7-6-14-33;/h8-13,24H,14-17,33H2,1-3H3,(H,34,40)(H,35,41);1H/t24-;/m0./s1. The van der Waals surface area contributed by atoms with Gasteiger partial charge < -0.3 is 20.8 Å². The normalized spacial score (nSPS) is 13.0. The number of aliphatic imine (C=N–C) groups is 1. The molecular formula is C31H29Cl2N7O3S. The number of amides is 2. The summed E-state index contributed by atoms with van der Waals surface area (Å²) in [4.78, 5) is 31.5. The van der Waals surface area contributed by atoms with E-state index in [4.69, 9.17) is 26.7 Å². The average molecular weight is 651 g/mol. The molecular weight excluding hydrogens is 621 g/mol. The van der Waals surface area contributed by atoms with Gasteiger partial charge in [-0.2, -0.15) is 0 Å². The molecule has 5 rings (SSSR count). The maximum atomic E-state index is 13.0. The molecule has 10 nitrogen and oxygen atoms in total. The molecule has 1 aromatic carbocycles. The quantitative estimate of drug-likeness (QED) is 0.269. The van der Waals surface area contributed by atoms with Crippen molar-refractivity contribution in [1.29, 1.82) is 0 Å². The number of fused-ring (bicyclic) bond motifs is 3. The van der Waals surface area contributed by atoms with E-state index in [1.54, 1.807) is 17.4 Å². The fourth-order valence-electron chi connectivity index (χ4n) is 4.52. The molecule has 13 heteroatoms. The molecule has 4 aromatic rings. The fourth-order valence-corrected chi connectivity index (χ4v) is 5.86. The molecule has 2 amide bonds. The number of benzene rings is 1. The lowest BCUT2D eigenvalue weighted by molar-refractivity contribution is -0.121. The number of nitrogens with one attached hydrogen (secondary N) is 2. The minimum absolute atomic E-state index is 0. The predicted octanol–water partition coefficient (Wildman–Crippen LogP) is 4.06. The summed E-state index contributed by atoms with van der Waals surface area (Å²) in [5.74, 6) is 12.2. The van der Waals surface area contributed by atoms with Crippen LogP contribution in [-0.4, -0.2) is 51.9 Å². The maximum absolute atomic E-state index is 13.0. The Morgan fingerprint density at radius 2 is 1.77 bits per heavy atom. The third-order valence-corrected chi connectivity index (χ3v) is 8.16. The van der Waals surface area contributed by atoms with Crippen molar-refractivity contribution in [3.63, 3.8) is 0 Å². The van der Waals surface area contributed by atoms with Crippen LogP contribution in [0.3, 0.4) is 0 Å². The first-order valence-electron chi connectivity index (χ1n) is 13.4. The summed E-state index contributed by atoms with van der Waals surface area (Å²) >= 11 is 7.83. The zero-order valence-corrected chi connectivity index (χ0v) is 26.5. The smallest absolute Gasteiger partial charge is 0.287 e. The Kier molecular flexibility index (Phi) is 10.6. The van der Waals surface area contributed by atoms with Crippen LogP contribution in [0.1, 0.15) is 62.0 Å². The number of aromatic nitrogens is 3. The van der Waals surface area contributed by atoms with Crippen molar-refractivity contribution < 1.29 is 14.0 Å². The van der Waals surface area contributed by atoms with Crippen LogP contribution < -0.4 is 16.4 Å². The Hall–Kier alpha value is -4.39. The summed E-state index contributed by atoms with van der Waals surface area (Å²) < 4.78 is 7.36. The second-order valence-corrected chi connectivity index (χ2v) is 11.2. The first kappa shape index (κ1) is 32.5. The minimum Gasteiger partial charge on any atom is -0.443 e. The first-order valence-corrected chi connectivity index (χ1v) is 14.6. The Morgan fingerprint density at radius 3 is 2.50 bits per heavy atom. The number of thiophene rings is 1. The second-order valence-electron chi connectivity index (χ2n) is 9.59. The molecule has 1 aliphatic heterocycles. The number of hydrogen-bond donors (Lipinski definition) is 3. The third kappa shape index (κ3) is 7.04. The summed E-state index contributed by atoms with van der Waals surface area (Å²) in [7, 11) is 0. The van der Waals surface area contributed by atoms with Crippen LogP contribution in [0.25, 0.3) is 5.00 Å². The predicted molar refractivity (Wildman–Crippen MR) is 173 cm³/mol. The van der Waals surface area contributed by atoms with Gasteiger partial charge in [-0.3, -0.25) is 19.1 Å². The molecule has 44 heavy (non-hydrogen) atoms. The molecule has 1 aliphatic rings. The van der Waals surface area contributed by atoms with Crippen LogP contribution >= 0.6 is 35.3 Å². The number of carbonyl (C=O) groups is 2. The summed E-state index contributed by atoms with van der Waals surface area (Å²) in [6.07, 6.45) is 0.0501. The van der Waals surface area contributed by atoms with Gasteiger partial charge in [-0.15, -0.1) is 33.9 Å². The zero-order chi connectivity index (χ0) is 30.5. The van der Waals surface area contributed by atoms with Crippen LogP contribution in [0, 0.1) is 44.5 Å². The van der Waals surface area contributed by atoms with Gasteiger partial charge in [0, 0.05) is 21.0 Å². The van der Waals surface area contributed by atoms with E-state index in [0.29, 0.717) is 16.6 Å². The number of nitrogens with zero attached hydrogens (tertiary/aromatic N) is 4. The Bertz CT molecular complexity index is 1850. The molecule has 0 fully saturated rings. The number of carbonyl (C=O) groups excluding carboxylic acids is 2. The number of nitrogens with two attached hydrogens (primary N) is 1. The van der Waals surface area contributed by atoms with E-state index in [1.807, 2.05) is 35.8 Å². The van der Waals surface area contributed by atoms with Gasteiger partial charge >= 0.3 is 0 Å². The number of furan rings is 1. The highest BCUT2D eigenvalue weighted by Crippen LogP contribution is 2.39. The molecule has 226 valence electrons. The lowest BCUT2D eigenvalue weighted by Gasteiger charge is -2.12. The van der Waals surface area contributed by atoms with E-state index < -0.39 is 11.9 Å². The maximum Gasteiger partial charge on any atom is 0.287 e. The highest BCUT2D eigenvalue weighted by Gasteiger charge is 2.32. The van der Waals surface area contributed by atoms with E-state index in [-0.39, 0.29) is 50.1 Å². The average Bonchev–Trinajstić information content (AvgIpc) is 3.67. The van der Waals surface area contributed by atoms with Crippen LogP contribution in [0.15, 0.2) is 45.8 Å². The summed E-state index contributed by atoms with van der Waals surface area (Å²) in [6.45, 7) is 6.44. The van der Waals surface area contributed by atoms with Gasteiger partial charge in [0.15, 0.2) is 17.3 Å². The van der Waals surface area contributed by atoms with Gasteiger partial charge in [0.1, 0.15) is 16.9 Å². The number of aryl methyl sites for hydroxylation is 2. The molecule has 3 aromatic heterocycles. The molecule has 4 heterocycles. The van der Waals surface area contributed by atoms with Gasteiger partial charge in [0.25, 0.3) is 5.91 Å². The molecule has 0 aliphatic carbocycles. The SMILES string of the molecule is Cc1sc2c(c1C)C(c1ccc(Cl)cc1)=N[C@@H](CC(=O)NCC#CCNC(=O)c1ccc(C#CCN)o1)c1nnc(C)n1-2.Cl. The molecule has 0 spiro atoms. The Balaban J connectivity index is 0.00000442. The highest BCUT2D eigenvalue weighted by molar-refractivity contribution is 7.15. The topological polar surface area (TPSA) is 140 Å². The monoisotopic (exact) mass is 649 g/mol. The van der Waals surface area contributed by atoms with E-state index >= 15 is 0 Å². The molecule has 0 saturated carbocycles. The van der Waals surface area contributed by atoms with Crippen molar-refractivity contribution in [2.24, 2.45) is 10.7 Å². The molecule has 0 radical (unpaired) electrons. The highest BCUT2D eigenvalue weighted by atomic mass is 35.5.